The van der Waals surface area contributed by atoms with Crippen molar-refractivity contribution in [1.82, 2.24) is 0 Å². The Morgan fingerprint density at radius 1 is 1.38 bits per heavy atom. The molecule has 1 aromatic rings. The molecule has 0 radical (unpaired) electrons. The molecular formula is C12H15BrO3. The van der Waals surface area contributed by atoms with Crippen LogP contribution < -0.4 is 9.47 Å². The second-order valence-electron chi connectivity index (χ2n) is 3.42. The highest BCUT2D eigenvalue weighted by Gasteiger charge is 2.14. The van der Waals surface area contributed by atoms with Crippen molar-refractivity contribution in [2.75, 3.05) is 14.2 Å². The molecule has 0 aliphatic rings. The minimum atomic E-state index is 0.517. The van der Waals surface area contributed by atoms with Crippen molar-refractivity contribution >= 4 is 22.2 Å². The van der Waals surface area contributed by atoms with E-state index in [0.717, 1.165) is 21.9 Å². The van der Waals surface area contributed by atoms with Gasteiger partial charge in [0.25, 0.3) is 0 Å². The topological polar surface area (TPSA) is 35.5 Å². The van der Waals surface area contributed by atoms with E-state index < -0.39 is 0 Å². The fourth-order valence-corrected chi connectivity index (χ4v) is 2.18. The Hall–Kier alpha value is -1.03. The van der Waals surface area contributed by atoms with Gasteiger partial charge in [0.2, 0.25) is 0 Å². The number of carbonyl (C=O) groups is 1. The maximum absolute atomic E-state index is 10.4. The highest BCUT2D eigenvalue weighted by atomic mass is 79.9. The Morgan fingerprint density at radius 3 is 2.56 bits per heavy atom. The van der Waals surface area contributed by atoms with Crippen molar-refractivity contribution in [2.24, 2.45) is 0 Å². The van der Waals surface area contributed by atoms with Crippen molar-refractivity contribution < 1.29 is 14.3 Å². The number of ether oxygens (including phenoxy) is 2. The molecule has 0 N–H and O–H groups in total. The van der Waals surface area contributed by atoms with Gasteiger partial charge in [-0.15, -0.1) is 0 Å². The number of hydrogen-bond donors (Lipinski definition) is 0. The van der Waals surface area contributed by atoms with Crippen LogP contribution in [0, 0.1) is 6.92 Å². The van der Waals surface area contributed by atoms with Crippen LogP contribution in [0.2, 0.25) is 0 Å². The van der Waals surface area contributed by atoms with Crippen LogP contribution in [0.15, 0.2) is 10.5 Å². The van der Waals surface area contributed by atoms with Gasteiger partial charge in [-0.2, -0.15) is 0 Å². The number of aryl methyl sites for hydroxylation is 1. The minimum Gasteiger partial charge on any atom is -0.493 e. The van der Waals surface area contributed by atoms with E-state index >= 15 is 0 Å². The third-order valence-electron chi connectivity index (χ3n) is 2.49. The predicted octanol–water partition coefficient (Wildman–Crippen LogP) is 2.91. The highest BCUT2D eigenvalue weighted by Crippen LogP contribution is 2.39. The summed E-state index contributed by atoms with van der Waals surface area (Å²) >= 11 is 3.48. The van der Waals surface area contributed by atoms with Gasteiger partial charge < -0.3 is 14.3 Å². The van der Waals surface area contributed by atoms with Gasteiger partial charge in [0.05, 0.1) is 18.7 Å². The largest absolute Gasteiger partial charge is 0.493 e. The van der Waals surface area contributed by atoms with E-state index in [1.165, 1.54) is 0 Å². The molecule has 4 heteroatoms. The van der Waals surface area contributed by atoms with Crippen LogP contribution in [0.4, 0.5) is 0 Å². The lowest BCUT2D eigenvalue weighted by atomic mass is 10.0. The van der Waals surface area contributed by atoms with Gasteiger partial charge in [-0.05, 0) is 46.5 Å². The van der Waals surface area contributed by atoms with Gasteiger partial charge in [0.15, 0.2) is 11.5 Å². The van der Waals surface area contributed by atoms with E-state index in [1.54, 1.807) is 14.2 Å². The Bertz CT molecular complexity index is 388. The van der Waals surface area contributed by atoms with Gasteiger partial charge in [0.1, 0.15) is 6.29 Å². The molecule has 0 aromatic heterocycles. The number of carbonyl (C=O) groups excluding carboxylic acids is 1. The molecule has 0 amide bonds. The second-order valence-corrected chi connectivity index (χ2v) is 4.21. The van der Waals surface area contributed by atoms with Crippen molar-refractivity contribution in [2.45, 2.75) is 19.8 Å². The molecular weight excluding hydrogens is 272 g/mol. The normalized spacial score (nSPS) is 10.0. The SMILES string of the molecule is COc1cc(CCC=O)c(C)c(Br)c1OC. The summed E-state index contributed by atoms with van der Waals surface area (Å²) in [5.74, 6) is 1.37. The number of halogens is 1. The first-order chi connectivity index (χ1) is 7.65. The summed E-state index contributed by atoms with van der Waals surface area (Å²) in [6.45, 7) is 1.99. The summed E-state index contributed by atoms with van der Waals surface area (Å²) in [5.41, 5.74) is 2.18. The smallest absolute Gasteiger partial charge is 0.175 e. The fourth-order valence-electron chi connectivity index (χ4n) is 1.57. The molecule has 3 nitrogen and oxygen atoms in total. The van der Waals surface area contributed by atoms with Crippen molar-refractivity contribution in [3.8, 4) is 11.5 Å². The van der Waals surface area contributed by atoms with E-state index in [2.05, 4.69) is 15.9 Å². The van der Waals surface area contributed by atoms with Gasteiger partial charge in [-0.3, -0.25) is 0 Å². The van der Waals surface area contributed by atoms with Crippen LogP contribution in [0.5, 0.6) is 11.5 Å². The van der Waals surface area contributed by atoms with Crippen molar-refractivity contribution in [3.05, 3.63) is 21.7 Å². The maximum Gasteiger partial charge on any atom is 0.175 e. The average Bonchev–Trinajstić information content (AvgIpc) is 2.30. The van der Waals surface area contributed by atoms with Gasteiger partial charge in [0, 0.05) is 6.42 Å². The molecule has 0 aliphatic carbocycles. The lowest BCUT2D eigenvalue weighted by Gasteiger charge is -2.15. The van der Waals surface area contributed by atoms with Crippen LogP contribution in [-0.4, -0.2) is 20.5 Å². The molecule has 0 bridgehead atoms. The third kappa shape index (κ3) is 2.55. The number of benzene rings is 1. The summed E-state index contributed by atoms with van der Waals surface area (Å²) in [7, 11) is 3.20. The number of hydrogen-bond acceptors (Lipinski definition) is 3. The second kappa shape index (κ2) is 5.89. The first kappa shape index (κ1) is 13.0. The zero-order chi connectivity index (χ0) is 12.1. The fraction of sp³-hybridized carbons (Fsp3) is 0.417. The summed E-state index contributed by atoms with van der Waals surface area (Å²) < 4.78 is 11.4. The molecule has 1 aromatic carbocycles. The van der Waals surface area contributed by atoms with Crippen LogP contribution in [-0.2, 0) is 11.2 Å². The Morgan fingerprint density at radius 2 is 2.06 bits per heavy atom. The summed E-state index contributed by atoms with van der Waals surface area (Å²) in [5, 5.41) is 0. The Balaban J connectivity index is 3.21. The zero-order valence-corrected chi connectivity index (χ0v) is 11.3. The lowest BCUT2D eigenvalue weighted by molar-refractivity contribution is -0.107. The molecule has 0 unspecified atom stereocenters. The molecule has 16 heavy (non-hydrogen) atoms. The first-order valence-electron chi connectivity index (χ1n) is 4.99. The van der Waals surface area contributed by atoms with Crippen LogP contribution in [0.1, 0.15) is 17.5 Å². The Labute approximate surface area is 104 Å². The molecule has 0 aliphatic heterocycles. The van der Waals surface area contributed by atoms with E-state index in [0.29, 0.717) is 24.3 Å². The van der Waals surface area contributed by atoms with Gasteiger partial charge in [-0.1, -0.05) is 0 Å². The first-order valence-corrected chi connectivity index (χ1v) is 5.78. The van der Waals surface area contributed by atoms with E-state index in [-0.39, 0.29) is 0 Å². The zero-order valence-electron chi connectivity index (χ0n) is 9.67. The van der Waals surface area contributed by atoms with Crippen LogP contribution in [0.3, 0.4) is 0 Å². The van der Waals surface area contributed by atoms with E-state index in [4.69, 9.17) is 9.47 Å². The third-order valence-corrected chi connectivity index (χ3v) is 3.45. The molecule has 0 spiro atoms. The molecule has 0 heterocycles. The molecule has 0 saturated carbocycles. The van der Waals surface area contributed by atoms with Crippen molar-refractivity contribution in [1.29, 1.82) is 0 Å². The molecule has 0 saturated heterocycles. The summed E-state index contributed by atoms with van der Waals surface area (Å²) in [4.78, 5) is 10.4. The minimum absolute atomic E-state index is 0.517. The van der Waals surface area contributed by atoms with Crippen molar-refractivity contribution in [3.63, 3.8) is 0 Å². The number of methoxy groups -OCH3 is 2. The highest BCUT2D eigenvalue weighted by molar-refractivity contribution is 9.10. The average molecular weight is 287 g/mol. The molecule has 88 valence electrons. The lowest BCUT2D eigenvalue weighted by Crippen LogP contribution is -1.98. The van der Waals surface area contributed by atoms with Gasteiger partial charge >= 0.3 is 0 Å². The predicted molar refractivity (Wildman–Crippen MR) is 66.4 cm³/mol. The maximum atomic E-state index is 10.4. The number of rotatable bonds is 5. The van der Waals surface area contributed by atoms with Crippen LogP contribution in [0.25, 0.3) is 0 Å². The summed E-state index contributed by atoms with van der Waals surface area (Å²) in [6, 6.07) is 1.92. The number of aldehydes is 1. The van der Waals surface area contributed by atoms with Crippen LogP contribution >= 0.6 is 15.9 Å². The quantitative estimate of drug-likeness (QED) is 0.781. The monoisotopic (exact) mass is 286 g/mol. The summed E-state index contributed by atoms with van der Waals surface area (Å²) in [6.07, 6.45) is 2.15. The molecule has 1 rings (SSSR count). The standard InChI is InChI=1S/C12H15BrO3/c1-8-9(5-4-6-14)7-10(15-2)12(16-3)11(8)13/h6-7H,4-5H2,1-3H3. The van der Waals surface area contributed by atoms with E-state index in [1.807, 2.05) is 13.0 Å². The van der Waals surface area contributed by atoms with Gasteiger partial charge in [-0.25, -0.2) is 0 Å². The molecule has 0 fully saturated rings. The Kier molecular flexibility index (Phi) is 4.80. The van der Waals surface area contributed by atoms with E-state index in [9.17, 15) is 4.79 Å². The molecule has 0 atom stereocenters.